The Kier molecular flexibility index (Phi) is 6.99. The number of nitrogens with zero attached hydrogens (tertiary/aromatic N) is 1. The first kappa shape index (κ1) is 20.8. The fraction of sp³-hybridized carbons (Fsp3) is 0.222. The molecule has 9 nitrogen and oxygen atoms in total. The van der Waals surface area contributed by atoms with Gasteiger partial charge in [-0.25, -0.2) is 9.18 Å². The molecule has 3 N–H and O–H groups in total. The molecule has 10 heteroatoms. The summed E-state index contributed by atoms with van der Waals surface area (Å²) < 4.78 is 18.0. The van der Waals surface area contributed by atoms with Gasteiger partial charge in [0.15, 0.2) is 6.10 Å². The van der Waals surface area contributed by atoms with Crippen molar-refractivity contribution in [2.75, 3.05) is 23.8 Å². The molecule has 0 aromatic heterocycles. The monoisotopic (exact) mass is 391 g/mol. The van der Waals surface area contributed by atoms with Crippen molar-refractivity contribution in [1.29, 1.82) is 0 Å². The number of hydrogen-bond acceptors (Lipinski definition) is 7. The van der Waals surface area contributed by atoms with Gasteiger partial charge in [-0.1, -0.05) is 0 Å². The summed E-state index contributed by atoms with van der Waals surface area (Å²) in [4.78, 5) is 34.9. The molecule has 0 unspecified atom stereocenters. The molecule has 1 amide bonds. The van der Waals surface area contributed by atoms with E-state index >= 15 is 0 Å². The lowest BCUT2D eigenvalue weighted by Gasteiger charge is -2.15. The van der Waals surface area contributed by atoms with Crippen molar-refractivity contribution >= 4 is 28.9 Å². The third-order valence-corrected chi connectivity index (χ3v) is 3.63. The molecule has 2 aromatic carbocycles. The number of anilines is 2. The van der Waals surface area contributed by atoms with Crippen LogP contribution in [0.3, 0.4) is 0 Å². The molecule has 0 heterocycles. The topological polar surface area (TPSA) is 131 Å². The highest BCUT2D eigenvalue weighted by Gasteiger charge is 2.23. The molecule has 28 heavy (non-hydrogen) atoms. The van der Waals surface area contributed by atoms with Crippen LogP contribution in [-0.4, -0.2) is 41.2 Å². The molecule has 0 saturated heterocycles. The number of rotatable bonds is 8. The number of ether oxygens (including phenoxy) is 1. The fourth-order valence-corrected chi connectivity index (χ4v) is 2.21. The lowest BCUT2D eigenvalue weighted by atomic mass is 10.1. The van der Waals surface area contributed by atoms with Crippen LogP contribution in [0.5, 0.6) is 0 Å². The summed E-state index contributed by atoms with van der Waals surface area (Å²) >= 11 is 0. The number of aliphatic hydroxyl groups excluding tert-OH is 1. The van der Waals surface area contributed by atoms with Gasteiger partial charge < -0.3 is 20.5 Å². The number of nitrogens with one attached hydrogen (secondary N) is 2. The van der Waals surface area contributed by atoms with Crippen LogP contribution in [0.25, 0.3) is 0 Å². The molecule has 0 spiro atoms. The Hall–Kier alpha value is -3.53. The van der Waals surface area contributed by atoms with Crippen LogP contribution in [0, 0.1) is 15.9 Å². The molecule has 0 aliphatic heterocycles. The number of carbonyl (C=O) groups is 2. The van der Waals surface area contributed by atoms with Gasteiger partial charge in [0.25, 0.3) is 11.6 Å². The maximum atomic E-state index is 12.9. The molecule has 0 fully saturated rings. The van der Waals surface area contributed by atoms with Gasteiger partial charge in [0, 0.05) is 30.1 Å². The third kappa shape index (κ3) is 5.48. The Morgan fingerprint density at radius 2 is 1.93 bits per heavy atom. The average Bonchev–Trinajstić information content (AvgIpc) is 2.67. The second kappa shape index (κ2) is 9.42. The van der Waals surface area contributed by atoms with E-state index in [9.17, 15) is 24.1 Å². The van der Waals surface area contributed by atoms with Gasteiger partial charge in [0.2, 0.25) is 0 Å². The summed E-state index contributed by atoms with van der Waals surface area (Å²) in [6, 6.07) is 8.54. The SMILES string of the molecule is C[C@H](OC(=O)c1cc([N+](=O)[O-])ccc1NCCO)C(=O)Nc1ccc(F)cc1. The Balaban J connectivity index is 2.13. The van der Waals surface area contributed by atoms with Crippen molar-refractivity contribution in [2.24, 2.45) is 0 Å². The number of esters is 1. The summed E-state index contributed by atoms with van der Waals surface area (Å²) in [5.41, 5.74) is 0.0553. The van der Waals surface area contributed by atoms with Crippen LogP contribution >= 0.6 is 0 Å². The predicted molar refractivity (Wildman–Crippen MR) is 98.6 cm³/mol. The molecule has 0 bridgehead atoms. The number of halogens is 1. The number of hydrogen-bond donors (Lipinski definition) is 3. The van der Waals surface area contributed by atoms with Crippen LogP contribution in [0.1, 0.15) is 17.3 Å². The molecular weight excluding hydrogens is 373 g/mol. The normalized spacial score (nSPS) is 11.4. The number of amides is 1. The zero-order valence-corrected chi connectivity index (χ0v) is 14.8. The first-order valence-electron chi connectivity index (χ1n) is 8.22. The third-order valence-electron chi connectivity index (χ3n) is 3.63. The van der Waals surface area contributed by atoms with E-state index in [-0.39, 0.29) is 30.1 Å². The summed E-state index contributed by atoms with van der Waals surface area (Å²) in [7, 11) is 0. The van der Waals surface area contributed by atoms with Crippen LogP contribution in [-0.2, 0) is 9.53 Å². The van der Waals surface area contributed by atoms with Crippen molar-refractivity contribution < 1.29 is 28.7 Å². The molecule has 2 aromatic rings. The highest BCUT2D eigenvalue weighted by Crippen LogP contribution is 2.23. The van der Waals surface area contributed by atoms with Gasteiger partial charge in [-0.2, -0.15) is 0 Å². The summed E-state index contributed by atoms with van der Waals surface area (Å²) in [6.07, 6.45) is -1.22. The molecule has 0 aliphatic carbocycles. The number of non-ortho nitro benzene ring substituents is 1. The van der Waals surface area contributed by atoms with Crippen LogP contribution < -0.4 is 10.6 Å². The largest absolute Gasteiger partial charge is 0.449 e. The maximum absolute atomic E-state index is 12.9. The number of benzene rings is 2. The first-order chi connectivity index (χ1) is 13.3. The Morgan fingerprint density at radius 3 is 2.54 bits per heavy atom. The van der Waals surface area contributed by atoms with Gasteiger partial charge in [-0.05, 0) is 37.3 Å². The Bertz CT molecular complexity index is 872. The first-order valence-corrected chi connectivity index (χ1v) is 8.22. The maximum Gasteiger partial charge on any atom is 0.341 e. The lowest BCUT2D eigenvalue weighted by molar-refractivity contribution is -0.384. The van der Waals surface area contributed by atoms with Gasteiger partial charge in [-0.3, -0.25) is 14.9 Å². The van der Waals surface area contributed by atoms with Gasteiger partial charge >= 0.3 is 5.97 Å². The van der Waals surface area contributed by atoms with E-state index in [0.717, 1.165) is 18.2 Å². The van der Waals surface area contributed by atoms with E-state index in [4.69, 9.17) is 9.84 Å². The molecular formula is C18H18FN3O6. The van der Waals surface area contributed by atoms with Gasteiger partial charge in [0.05, 0.1) is 17.1 Å². The lowest BCUT2D eigenvalue weighted by Crippen LogP contribution is -2.30. The van der Waals surface area contributed by atoms with Crippen LogP contribution in [0.4, 0.5) is 21.5 Å². The highest BCUT2D eigenvalue weighted by atomic mass is 19.1. The van der Waals surface area contributed by atoms with Crippen molar-refractivity contribution in [1.82, 2.24) is 0 Å². The Morgan fingerprint density at radius 1 is 1.25 bits per heavy atom. The second-order valence-electron chi connectivity index (χ2n) is 5.68. The molecule has 148 valence electrons. The van der Waals surface area contributed by atoms with E-state index in [0.29, 0.717) is 5.69 Å². The van der Waals surface area contributed by atoms with E-state index in [1.54, 1.807) is 0 Å². The van der Waals surface area contributed by atoms with E-state index in [1.165, 1.54) is 31.2 Å². The summed E-state index contributed by atoms with van der Waals surface area (Å²) in [5.74, 6) is -2.08. The van der Waals surface area contributed by atoms with E-state index < -0.39 is 28.7 Å². The number of aliphatic hydroxyl groups is 1. The number of carbonyl (C=O) groups excluding carboxylic acids is 2. The molecule has 0 aliphatic rings. The highest BCUT2D eigenvalue weighted by molar-refractivity contribution is 6.00. The van der Waals surface area contributed by atoms with E-state index in [2.05, 4.69) is 10.6 Å². The molecule has 2 rings (SSSR count). The zero-order valence-electron chi connectivity index (χ0n) is 14.8. The van der Waals surface area contributed by atoms with Crippen molar-refractivity contribution in [3.8, 4) is 0 Å². The molecule has 0 radical (unpaired) electrons. The smallest absolute Gasteiger partial charge is 0.341 e. The van der Waals surface area contributed by atoms with Crippen molar-refractivity contribution in [2.45, 2.75) is 13.0 Å². The zero-order chi connectivity index (χ0) is 20.7. The minimum atomic E-state index is -1.22. The molecule has 0 saturated carbocycles. The predicted octanol–water partition coefficient (Wildman–Crippen LogP) is 2.32. The minimum absolute atomic E-state index is 0.110. The van der Waals surface area contributed by atoms with Crippen molar-refractivity contribution in [3.05, 3.63) is 64.0 Å². The fourth-order valence-electron chi connectivity index (χ4n) is 2.21. The Labute approximate surface area is 159 Å². The minimum Gasteiger partial charge on any atom is -0.449 e. The van der Waals surface area contributed by atoms with Crippen LogP contribution in [0.15, 0.2) is 42.5 Å². The quantitative estimate of drug-likeness (QED) is 0.357. The summed E-state index contributed by atoms with van der Waals surface area (Å²) in [5, 5.41) is 25.1. The number of nitro groups is 1. The van der Waals surface area contributed by atoms with Crippen molar-refractivity contribution in [3.63, 3.8) is 0 Å². The second-order valence-corrected chi connectivity index (χ2v) is 5.68. The van der Waals surface area contributed by atoms with Gasteiger partial charge in [0.1, 0.15) is 5.82 Å². The number of nitro benzene ring substituents is 1. The standard InChI is InChI=1S/C18H18FN3O6/c1-11(17(24)21-13-4-2-12(19)3-5-13)28-18(25)15-10-14(22(26)27)6-7-16(15)20-8-9-23/h2-7,10-11,20,23H,8-9H2,1H3,(H,21,24)/t11-/m0/s1. The average molecular weight is 391 g/mol. The van der Waals surface area contributed by atoms with Gasteiger partial charge in [-0.15, -0.1) is 0 Å². The van der Waals surface area contributed by atoms with E-state index in [1.807, 2.05) is 0 Å². The van der Waals surface area contributed by atoms with Crippen LogP contribution in [0.2, 0.25) is 0 Å². The molecule has 1 atom stereocenters. The summed E-state index contributed by atoms with van der Waals surface area (Å²) in [6.45, 7) is 1.22.